The molecule has 0 heterocycles. The van der Waals surface area contributed by atoms with E-state index in [4.69, 9.17) is 0 Å². The molecule has 0 radical (unpaired) electrons. The Hall–Kier alpha value is -1.33. The third kappa shape index (κ3) is 1.94. The Morgan fingerprint density at radius 3 is 2.07 bits per heavy atom. The van der Waals surface area contributed by atoms with Gasteiger partial charge >= 0.3 is 6.18 Å². The standard InChI is InChI=1S/C8H5F5O/c1-14-7-3-5(9)4(2-6(7)10)8(11,12)13/h2-3H,1H3. The van der Waals surface area contributed by atoms with Crippen molar-refractivity contribution in [3.05, 3.63) is 29.3 Å². The molecule has 1 rings (SSSR count). The molecule has 0 saturated carbocycles. The lowest BCUT2D eigenvalue weighted by Gasteiger charge is -2.09. The second-order valence-electron chi connectivity index (χ2n) is 2.46. The molecule has 1 aromatic rings. The van der Waals surface area contributed by atoms with Gasteiger partial charge in [0.2, 0.25) is 0 Å². The Balaban J connectivity index is 3.29. The van der Waals surface area contributed by atoms with Crippen molar-refractivity contribution in [2.45, 2.75) is 6.18 Å². The molecule has 0 saturated heterocycles. The molecule has 1 aromatic carbocycles. The molecule has 0 bridgehead atoms. The Kier molecular flexibility index (Phi) is 2.64. The largest absolute Gasteiger partial charge is 0.494 e. The number of rotatable bonds is 1. The summed E-state index contributed by atoms with van der Waals surface area (Å²) in [5, 5.41) is 0. The van der Waals surface area contributed by atoms with Crippen molar-refractivity contribution < 1.29 is 26.7 Å². The molecule has 0 aliphatic heterocycles. The highest BCUT2D eigenvalue weighted by atomic mass is 19.4. The molecule has 78 valence electrons. The van der Waals surface area contributed by atoms with Crippen LogP contribution in [0.25, 0.3) is 0 Å². The molecule has 0 aliphatic rings. The third-order valence-electron chi connectivity index (χ3n) is 1.55. The number of ether oxygens (including phenoxy) is 1. The molecule has 0 aromatic heterocycles. The summed E-state index contributed by atoms with van der Waals surface area (Å²) >= 11 is 0. The molecule has 0 amide bonds. The van der Waals surface area contributed by atoms with Crippen molar-refractivity contribution in [3.63, 3.8) is 0 Å². The molecule has 0 fully saturated rings. The molecule has 1 nitrogen and oxygen atoms in total. The Bertz CT molecular complexity index is 344. The van der Waals surface area contributed by atoms with E-state index in [0.717, 1.165) is 7.11 Å². The molecular formula is C8H5F5O. The zero-order chi connectivity index (χ0) is 10.9. The van der Waals surface area contributed by atoms with E-state index in [9.17, 15) is 22.0 Å². The highest BCUT2D eigenvalue weighted by Crippen LogP contribution is 2.34. The average Bonchev–Trinajstić information content (AvgIpc) is 2.06. The van der Waals surface area contributed by atoms with Gasteiger partial charge in [0.1, 0.15) is 5.82 Å². The van der Waals surface area contributed by atoms with Gasteiger partial charge in [-0.15, -0.1) is 0 Å². The van der Waals surface area contributed by atoms with Crippen LogP contribution in [0.2, 0.25) is 0 Å². The lowest BCUT2D eigenvalue weighted by atomic mass is 10.2. The van der Waals surface area contributed by atoms with Crippen LogP contribution in [0.15, 0.2) is 12.1 Å². The van der Waals surface area contributed by atoms with Crippen LogP contribution in [-0.2, 0) is 6.18 Å². The van der Waals surface area contributed by atoms with Crippen LogP contribution in [0.5, 0.6) is 5.75 Å². The van der Waals surface area contributed by atoms with Crippen molar-refractivity contribution in [2.75, 3.05) is 7.11 Å². The predicted octanol–water partition coefficient (Wildman–Crippen LogP) is 2.99. The quantitative estimate of drug-likeness (QED) is 0.650. The first-order chi connectivity index (χ1) is 6.36. The van der Waals surface area contributed by atoms with Gasteiger partial charge in [-0.2, -0.15) is 13.2 Å². The van der Waals surface area contributed by atoms with E-state index in [2.05, 4.69) is 4.74 Å². The highest BCUT2D eigenvalue weighted by molar-refractivity contribution is 5.32. The summed E-state index contributed by atoms with van der Waals surface area (Å²) in [6.07, 6.45) is -4.91. The molecule has 14 heavy (non-hydrogen) atoms. The van der Waals surface area contributed by atoms with Crippen molar-refractivity contribution in [1.82, 2.24) is 0 Å². The van der Waals surface area contributed by atoms with Crippen LogP contribution >= 0.6 is 0 Å². The summed E-state index contributed by atoms with van der Waals surface area (Å²) in [5.41, 5.74) is -1.64. The first-order valence-electron chi connectivity index (χ1n) is 3.46. The van der Waals surface area contributed by atoms with Gasteiger partial charge in [-0.3, -0.25) is 0 Å². The number of methoxy groups -OCH3 is 1. The predicted molar refractivity (Wildman–Crippen MR) is 37.9 cm³/mol. The fourth-order valence-electron chi connectivity index (χ4n) is 0.902. The number of halogens is 5. The molecule has 0 unspecified atom stereocenters. The van der Waals surface area contributed by atoms with Gasteiger partial charge in [0.05, 0.1) is 12.7 Å². The van der Waals surface area contributed by atoms with E-state index in [0.29, 0.717) is 6.07 Å². The van der Waals surface area contributed by atoms with E-state index >= 15 is 0 Å². The zero-order valence-electron chi connectivity index (χ0n) is 6.95. The van der Waals surface area contributed by atoms with E-state index in [1.54, 1.807) is 0 Å². The van der Waals surface area contributed by atoms with Crippen LogP contribution in [0, 0.1) is 11.6 Å². The molecule has 6 heteroatoms. The summed E-state index contributed by atoms with van der Waals surface area (Å²) in [6, 6.07) is 0.423. The Morgan fingerprint density at radius 2 is 1.64 bits per heavy atom. The summed E-state index contributed by atoms with van der Waals surface area (Å²) in [5.74, 6) is -3.37. The van der Waals surface area contributed by atoms with Crippen molar-refractivity contribution in [3.8, 4) is 5.75 Å². The van der Waals surface area contributed by atoms with Gasteiger partial charge in [0, 0.05) is 6.07 Å². The topological polar surface area (TPSA) is 9.23 Å². The summed E-state index contributed by atoms with van der Waals surface area (Å²) < 4.78 is 65.9. The number of hydrogen-bond donors (Lipinski definition) is 0. The van der Waals surface area contributed by atoms with E-state index in [1.165, 1.54) is 0 Å². The Morgan fingerprint density at radius 1 is 1.07 bits per heavy atom. The second kappa shape index (κ2) is 3.43. The smallest absolute Gasteiger partial charge is 0.419 e. The molecule has 0 atom stereocenters. The molecule has 0 N–H and O–H groups in total. The molecule has 0 spiro atoms. The maximum atomic E-state index is 12.8. The minimum Gasteiger partial charge on any atom is -0.494 e. The van der Waals surface area contributed by atoms with Gasteiger partial charge in [-0.05, 0) is 6.07 Å². The molecular weight excluding hydrogens is 207 g/mol. The van der Waals surface area contributed by atoms with Gasteiger partial charge < -0.3 is 4.74 Å². The Labute approximate surface area is 76.1 Å². The van der Waals surface area contributed by atoms with Crippen LogP contribution in [0.4, 0.5) is 22.0 Å². The summed E-state index contributed by atoms with van der Waals surface area (Å²) in [7, 11) is 1.03. The monoisotopic (exact) mass is 212 g/mol. The third-order valence-corrected chi connectivity index (χ3v) is 1.55. The lowest BCUT2D eigenvalue weighted by molar-refractivity contribution is -0.140. The van der Waals surface area contributed by atoms with Crippen molar-refractivity contribution in [1.29, 1.82) is 0 Å². The molecule has 0 aliphatic carbocycles. The SMILES string of the molecule is COc1cc(F)c(C(F)(F)F)cc1F. The maximum absolute atomic E-state index is 12.8. The minimum absolute atomic E-state index is 0.0637. The van der Waals surface area contributed by atoms with Crippen LogP contribution in [-0.4, -0.2) is 7.11 Å². The van der Waals surface area contributed by atoms with Gasteiger partial charge in [-0.25, -0.2) is 8.78 Å². The average molecular weight is 212 g/mol. The highest BCUT2D eigenvalue weighted by Gasteiger charge is 2.35. The normalized spacial score (nSPS) is 11.6. The van der Waals surface area contributed by atoms with Crippen molar-refractivity contribution in [2.24, 2.45) is 0 Å². The summed E-state index contributed by atoms with van der Waals surface area (Å²) in [6.45, 7) is 0. The number of benzene rings is 1. The number of alkyl halides is 3. The van der Waals surface area contributed by atoms with Gasteiger partial charge in [-0.1, -0.05) is 0 Å². The lowest BCUT2D eigenvalue weighted by Crippen LogP contribution is -2.09. The first kappa shape index (κ1) is 10.7. The van der Waals surface area contributed by atoms with Gasteiger partial charge in [0.25, 0.3) is 0 Å². The second-order valence-corrected chi connectivity index (χ2v) is 2.46. The van der Waals surface area contributed by atoms with E-state index in [1.807, 2.05) is 0 Å². The zero-order valence-corrected chi connectivity index (χ0v) is 6.95. The van der Waals surface area contributed by atoms with Crippen LogP contribution in [0.3, 0.4) is 0 Å². The van der Waals surface area contributed by atoms with Gasteiger partial charge in [0.15, 0.2) is 11.6 Å². The number of hydrogen-bond acceptors (Lipinski definition) is 1. The minimum atomic E-state index is -4.91. The first-order valence-corrected chi connectivity index (χ1v) is 3.46. The van der Waals surface area contributed by atoms with Crippen LogP contribution < -0.4 is 4.74 Å². The van der Waals surface area contributed by atoms with E-state index < -0.39 is 29.1 Å². The van der Waals surface area contributed by atoms with Crippen molar-refractivity contribution >= 4 is 0 Å². The summed E-state index contributed by atoms with van der Waals surface area (Å²) in [4.78, 5) is 0. The van der Waals surface area contributed by atoms with E-state index in [-0.39, 0.29) is 6.07 Å². The fourth-order valence-corrected chi connectivity index (χ4v) is 0.902. The maximum Gasteiger partial charge on any atom is 0.419 e. The van der Waals surface area contributed by atoms with Crippen LogP contribution in [0.1, 0.15) is 5.56 Å². The fraction of sp³-hybridized carbons (Fsp3) is 0.250.